The van der Waals surface area contributed by atoms with Crippen molar-refractivity contribution in [2.45, 2.75) is 62.9 Å². The number of ether oxygens (including phenoxy) is 1. The molecule has 24 heavy (non-hydrogen) atoms. The normalized spacial score (nSPS) is 28.1. The highest BCUT2D eigenvalue weighted by Gasteiger charge is 2.38. The van der Waals surface area contributed by atoms with Crippen molar-refractivity contribution >= 4 is 0 Å². The van der Waals surface area contributed by atoms with E-state index in [1.54, 1.807) is 0 Å². The van der Waals surface area contributed by atoms with Gasteiger partial charge in [0.15, 0.2) is 0 Å². The number of hydrogen-bond acceptors (Lipinski definition) is 1. The predicted molar refractivity (Wildman–Crippen MR) is 99.4 cm³/mol. The summed E-state index contributed by atoms with van der Waals surface area (Å²) in [6.07, 6.45) is 8.01. The van der Waals surface area contributed by atoms with Gasteiger partial charge in [0.1, 0.15) is 0 Å². The number of hydrogen-bond donors (Lipinski definition) is 0. The Bertz CT molecular complexity index is 654. The Morgan fingerprint density at radius 1 is 0.792 bits per heavy atom. The Labute approximate surface area is 146 Å². The van der Waals surface area contributed by atoms with Crippen LogP contribution in [0.2, 0.25) is 0 Å². The minimum Gasteiger partial charge on any atom is -0.370 e. The lowest BCUT2D eigenvalue weighted by Gasteiger charge is -2.26. The van der Waals surface area contributed by atoms with Crippen LogP contribution in [0.3, 0.4) is 0 Å². The zero-order chi connectivity index (χ0) is 16.4. The topological polar surface area (TPSA) is 9.23 Å². The van der Waals surface area contributed by atoms with Gasteiger partial charge in [-0.25, -0.2) is 0 Å². The van der Waals surface area contributed by atoms with E-state index in [-0.39, 0.29) is 5.60 Å². The summed E-state index contributed by atoms with van der Waals surface area (Å²) in [6.45, 7) is 3.08. The molecule has 1 aliphatic heterocycles. The molecule has 2 aromatic rings. The van der Waals surface area contributed by atoms with Crippen molar-refractivity contribution in [2.75, 3.05) is 6.61 Å². The van der Waals surface area contributed by atoms with Gasteiger partial charge in [-0.1, -0.05) is 73.9 Å². The molecule has 0 amide bonds. The maximum atomic E-state index is 6.28. The zero-order valence-electron chi connectivity index (χ0n) is 14.7. The van der Waals surface area contributed by atoms with Gasteiger partial charge < -0.3 is 4.74 Å². The molecular formula is C23H28O. The Morgan fingerprint density at radius 3 is 2.17 bits per heavy atom. The van der Waals surface area contributed by atoms with Crippen LogP contribution in [0.1, 0.15) is 74.0 Å². The van der Waals surface area contributed by atoms with E-state index in [9.17, 15) is 0 Å². The maximum Gasteiger partial charge on any atom is 0.0910 e. The molecule has 0 unspecified atom stereocenters. The monoisotopic (exact) mass is 320 g/mol. The van der Waals surface area contributed by atoms with E-state index in [1.807, 2.05) is 0 Å². The van der Waals surface area contributed by atoms with Crippen molar-refractivity contribution in [3.05, 3.63) is 71.3 Å². The molecule has 1 nitrogen and oxygen atoms in total. The van der Waals surface area contributed by atoms with E-state index in [2.05, 4.69) is 61.5 Å². The van der Waals surface area contributed by atoms with E-state index in [0.717, 1.165) is 18.9 Å². The van der Waals surface area contributed by atoms with Gasteiger partial charge in [0, 0.05) is 5.92 Å². The van der Waals surface area contributed by atoms with Crippen molar-refractivity contribution in [3.63, 3.8) is 0 Å². The molecule has 1 aliphatic carbocycles. The fourth-order valence-corrected chi connectivity index (χ4v) is 4.56. The standard InChI is InChI=1S/C23H28O/c1-23(16-21(17-24-23)19-10-6-3-7-11-19)22-14-12-20(13-15-22)18-8-4-2-5-9-18/h3,6-7,10-15,18,21H,2,4-5,8-9,16-17H2,1H3/t21-,23-/m1/s1. The Balaban J connectivity index is 1.49. The smallest absolute Gasteiger partial charge is 0.0910 e. The molecule has 126 valence electrons. The highest BCUT2D eigenvalue weighted by molar-refractivity contribution is 5.31. The zero-order valence-corrected chi connectivity index (χ0v) is 14.7. The summed E-state index contributed by atoms with van der Waals surface area (Å²) < 4.78 is 6.28. The van der Waals surface area contributed by atoms with Gasteiger partial charge in [-0.2, -0.15) is 0 Å². The minimum absolute atomic E-state index is 0.147. The highest BCUT2D eigenvalue weighted by Crippen LogP contribution is 2.43. The van der Waals surface area contributed by atoms with Crippen LogP contribution in [0.4, 0.5) is 0 Å². The third-order valence-electron chi connectivity index (χ3n) is 6.11. The average molecular weight is 320 g/mol. The number of benzene rings is 2. The Morgan fingerprint density at radius 2 is 1.46 bits per heavy atom. The summed E-state index contributed by atoms with van der Waals surface area (Å²) in [5.74, 6) is 1.29. The van der Waals surface area contributed by atoms with Crippen LogP contribution in [-0.2, 0) is 10.3 Å². The molecule has 2 atom stereocenters. The fourth-order valence-electron chi connectivity index (χ4n) is 4.56. The van der Waals surface area contributed by atoms with Crippen LogP contribution in [0.25, 0.3) is 0 Å². The van der Waals surface area contributed by atoms with Crippen LogP contribution < -0.4 is 0 Å². The number of rotatable bonds is 3. The maximum absolute atomic E-state index is 6.28. The van der Waals surface area contributed by atoms with Crippen LogP contribution in [-0.4, -0.2) is 6.61 Å². The summed E-state index contributed by atoms with van der Waals surface area (Å²) in [4.78, 5) is 0. The quantitative estimate of drug-likeness (QED) is 0.658. The van der Waals surface area contributed by atoms with Crippen molar-refractivity contribution in [2.24, 2.45) is 0 Å². The third kappa shape index (κ3) is 3.15. The fraction of sp³-hybridized carbons (Fsp3) is 0.478. The largest absolute Gasteiger partial charge is 0.370 e. The van der Waals surface area contributed by atoms with E-state index in [0.29, 0.717) is 5.92 Å². The van der Waals surface area contributed by atoms with Gasteiger partial charge >= 0.3 is 0 Å². The molecule has 1 heteroatoms. The van der Waals surface area contributed by atoms with Crippen LogP contribution in [0, 0.1) is 0 Å². The SMILES string of the molecule is C[C@]1(c2ccc(C3CCCCC3)cc2)C[C@@H](c2ccccc2)CO1. The van der Waals surface area contributed by atoms with Crippen LogP contribution >= 0.6 is 0 Å². The Kier molecular flexibility index (Phi) is 4.45. The average Bonchev–Trinajstić information content (AvgIpc) is 3.07. The van der Waals surface area contributed by atoms with Gasteiger partial charge in [-0.15, -0.1) is 0 Å². The van der Waals surface area contributed by atoms with E-state index >= 15 is 0 Å². The van der Waals surface area contributed by atoms with Crippen molar-refractivity contribution in [1.82, 2.24) is 0 Å². The molecule has 1 saturated carbocycles. The lowest BCUT2D eigenvalue weighted by atomic mass is 9.82. The van der Waals surface area contributed by atoms with Crippen molar-refractivity contribution in [3.8, 4) is 0 Å². The second-order valence-corrected chi connectivity index (χ2v) is 7.81. The lowest BCUT2D eigenvalue weighted by Crippen LogP contribution is -2.20. The first-order valence-corrected chi connectivity index (χ1v) is 9.54. The van der Waals surface area contributed by atoms with Crippen LogP contribution in [0.5, 0.6) is 0 Å². The first-order chi connectivity index (χ1) is 11.7. The van der Waals surface area contributed by atoms with Gasteiger partial charge in [0.25, 0.3) is 0 Å². The summed E-state index contributed by atoms with van der Waals surface area (Å²) in [6, 6.07) is 20.1. The minimum atomic E-state index is -0.147. The summed E-state index contributed by atoms with van der Waals surface area (Å²) in [5, 5.41) is 0. The van der Waals surface area contributed by atoms with Gasteiger partial charge in [0.05, 0.1) is 12.2 Å². The van der Waals surface area contributed by atoms with E-state index < -0.39 is 0 Å². The molecule has 0 aromatic heterocycles. The molecule has 2 fully saturated rings. The summed E-state index contributed by atoms with van der Waals surface area (Å²) >= 11 is 0. The molecule has 1 saturated heterocycles. The molecule has 1 heterocycles. The third-order valence-corrected chi connectivity index (χ3v) is 6.11. The lowest BCUT2D eigenvalue weighted by molar-refractivity contribution is 0.0164. The van der Waals surface area contributed by atoms with E-state index in [1.165, 1.54) is 48.8 Å². The Hall–Kier alpha value is -1.60. The first-order valence-electron chi connectivity index (χ1n) is 9.54. The van der Waals surface area contributed by atoms with Crippen molar-refractivity contribution in [1.29, 1.82) is 0 Å². The molecule has 0 spiro atoms. The second kappa shape index (κ2) is 6.72. The summed E-state index contributed by atoms with van der Waals surface area (Å²) in [7, 11) is 0. The predicted octanol–water partition coefficient (Wildman–Crippen LogP) is 6.15. The summed E-state index contributed by atoms with van der Waals surface area (Å²) in [5.41, 5.74) is 4.12. The van der Waals surface area contributed by atoms with Gasteiger partial charge in [-0.05, 0) is 48.8 Å². The van der Waals surface area contributed by atoms with E-state index in [4.69, 9.17) is 4.74 Å². The molecule has 4 rings (SSSR count). The molecular weight excluding hydrogens is 292 g/mol. The molecule has 0 N–H and O–H groups in total. The second-order valence-electron chi connectivity index (χ2n) is 7.81. The molecule has 0 radical (unpaired) electrons. The highest BCUT2D eigenvalue weighted by atomic mass is 16.5. The first kappa shape index (κ1) is 15.9. The van der Waals surface area contributed by atoms with Gasteiger partial charge in [-0.3, -0.25) is 0 Å². The van der Waals surface area contributed by atoms with Crippen molar-refractivity contribution < 1.29 is 4.74 Å². The van der Waals surface area contributed by atoms with Gasteiger partial charge in [0.2, 0.25) is 0 Å². The molecule has 2 aliphatic rings. The van der Waals surface area contributed by atoms with Crippen LogP contribution in [0.15, 0.2) is 54.6 Å². The molecule has 2 aromatic carbocycles. The molecule has 0 bridgehead atoms.